The lowest BCUT2D eigenvalue weighted by Crippen LogP contribution is -2.46. The Morgan fingerprint density at radius 2 is 1.65 bits per heavy atom. The van der Waals surface area contributed by atoms with Crippen molar-refractivity contribution < 1.29 is 24.2 Å². The molecule has 110 valence electrons. The van der Waals surface area contributed by atoms with Crippen LogP contribution >= 0.6 is 0 Å². The number of rotatable bonds is 3. The fraction of sp³-hybridized carbons (Fsp3) is 0.308. The van der Waals surface area contributed by atoms with Crippen molar-refractivity contribution in [2.24, 2.45) is 11.5 Å². The molecular weight excluding hydrogens is 264 g/mol. The second-order valence-electron chi connectivity index (χ2n) is 4.48. The van der Waals surface area contributed by atoms with Gasteiger partial charge >= 0.3 is 11.9 Å². The standard InChI is InChI=1S/C9H8O4.C4H10N2O/c1-6(10)13-8-5-3-2-4-7(8)9(11)12;1-4(2,6)3(5)7/h2-5H,1H3,(H,11,12);6H2,1-2H3,(H2,5,7). The largest absolute Gasteiger partial charge is 0.478 e. The topological polar surface area (TPSA) is 133 Å². The van der Waals surface area contributed by atoms with Crippen LogP contribution in [0.1, 0.15) is 31.1 Å². The molecule has 1 aromatic carbocycles. The lowest BCUT2D eigenvalue weighted by molar-refractivity contribution is -0.131. The number of benzene rings is 1. The summed E-state index contributed by atoms with van der Waals surface area (Å²) >= 11 is 0. The van der Waals surface area contributed by atoms with Gasteiger partial charge in [0.2, 0.25) is 5.91 Å². The molecule has 0 unspecified atom stereocenters. The first-order valence-electron chi connectivity index (χ1n) is 5.65. The third kappa shape index (κ3) is 6.50. The first-order chi connectivity index (χ1) is 9.05. The second kappa shape index (κ2) is 7.25. The van der Waals surface area contributed by atoms with Crippen LogP contribution in [0.4, 0.5) is 0 Å². The molecule has 7 nitrogen and oxygen atoms in total. The van der Waals surface area contributed by atoms with Gasteiger partial charge in [-0.15, -0.1) is 0 Å². The fourth-order valence-electron chi connectivity index (χ4n) is 0.887. The minimum Gasteiger partial charge on any atom is -0.478 e. The highest BCUT2D eigenvalue weighted by Gasteiger charge is 2.16. The zero-order valence-electron chi connectivity index (χ0n) is 11.5. The molecule has 1 amide bonds. The Bertz CT molecular complexity index is 506. The normalized spacial score (nSPS) is 10.0. The molecule has 7 heteroatoms. The number of primary amides is 1. The molecule has 0 radical (unpaired) electrons. The summed E-state index contributed by atoms with van der Waals surface area (Å²) in [5.74, 6) is -2.06. The van der Waals surface area contributed by atoms with Gasteiger partial charge in [0.15, 0.2) is 0 Å². The van der Waals surface area contributed by atoms with Gasteiger partial charge in [-0.2, -0.15) is 0 Å². The van der Waals surface area contributed by atoms with Gasteiger partial charge in [0.25, 0.3) is 0 Å². The number of carbonyl (C=O) groups excluding carboxylic acids is 2. The Balaban J connectivity index is 0.000000441. The number of hydrogen-bond donors (Lipinski definition) is 3. The van der Waals surface area contributed by atoms with Gasteiger partial charge in [-0.25, -0.2) is 4.79 Å². The Morgan fingerprint density at radius 1 is 1.20 bits per heavy atom. The number of carboxylic acids is 1. The monoisotopic (exact) mass is 282 g/mol. The second-order valence-corrected chi connectivity index (χ2v) is 4.48. The molecule has 0 spiro atoms. The van der Waals surface area contributed by atoms with Crippen LogP contribution in [0.2, 0.25) is 0 Å². The minimum atomic E-state index is -1.11. The molecule has 5 N–H and O–H groups in total. The van der Waals surface area contributed by atoms with E-state index in [1.54, 1.807) is 26.0 Å². The number of ether oxygens (including phenoxy) is 1. The molecule has 0 aliphatic carbocycles. The van der Waals surface area contributed by atoms with Crippen LogP contribution in [0.25, 0.3) is 0 Å². The first kappa shape index (κ1) is 17.6. The summed E-state index contributed by atoms with van der Waals surface area (Å²) in [6.45, 7) is 4.35. The Kier molecular flexibility index (Phi) is 6.37. The van der Waals surface area contributed by atoms with Crippen molar-refractivity contribution in [1.82, 2.24) is 0 Å². The number of nitrogens with two attached hydrogens (primary N) is 2. The van der Waals surface area contributed by atoms with E-state index in [0.717, 1.165) is 0 Å². The van der Waals surface area contributed by atoms with Crippen molar-refractivity contribution in [3.05, 3.63) is 29.8 Å². The van der Waals surface area contributed by atoms with Crippen molar-refractivity contribution in [2.45, 2.75) is 26.3 Å². The number of hydrogen-bond acceptors (Lipinski definition) is 5. The van der Waals surface area contributed by atoms with Gasteiger partial charge in [0, 0.05) is 6.92 Å². The average Bonchev–Trinajstić information content (AvgIpc) is 2.28. The molecule has 0 aromatic heterocycles. The van der Waals surface area contributed by atoms with Gasteiger partial charge < -0.3 is 21.3 Å². The molecule has 0 saturated carbocycles. The van der Waals surface area contributed by atoms with Crippen LogP contribution in [-0.4, -0.2) is 28.5 Å². The number of carbonyl (C=O) groups is 3. The van der Waals surface area contributed by atoms with Crippen molar-refractivity contribution in [1.29, 1.82) is 0 Å². The molecule has 0 bridgehead atoms. The molecule has 1 rings (SSSR count). The predicted octanol–water partition coefficient (Wildman–Crippen LogP) is 0.519. The molecule has 0 aliphatic heterocycles. The molecule has 0 fully saturated rings. The third-order valence-corrected chi connectivity index (χ3v) is 2.01. The first-order valence-corrected chi connectivity index (χ1v) is 5.65. The van der Waals surface area contributed by atoms with E-state index in [-0.39, 0.29) is 11.3 Å². The quantitative estimate of drug-likeness (QED) is 0.546. The maximum atomic E-state index is 10.6. The number of aromatic carboxylic acids is 1. The lowest BCUT2D eigenvalue weighted by atomic mass is 10.1. The summed E-state index contributed by atoms with van der Waals surface area (Å²) in [5, 5.41) is 8.69. The summed E-state index contributed by atoms with van der Waals surface area (Å²) in [5.41, 5.74) is 9.13. The van der Waals surface area contributed by atoms with Crippen LogP contribution in [0.15, 0.2) is 24.3 Å². The van der Waals surface area contributed by atoms with Crippen LogP contribution in [0.3, 0.4) is 0 Å². The summed E-state index contributed by atoms with van der Waals surface area (Å²) in [4.78, 5) is 31.3. The summed E-state index contributed by atoms with van der Waals surface area (Å²) in [7, 11) is 0. The smallest absolute Gasteiger partial charge is 0.339 e. The van der Waals surface area contributed by atoms with Crippen LogP contribution < -0.4 is 16.2 Å². The van der Waals surface area contributed by atoms with Crippen molar-refractivity contribution in [3.8, 4) is 5.75 Å². The molecule has 20 heavy (non-hydrogen) atoms. The van der Waals surface area contributed by atoms with Gasteiger partial charge in [0.1, 0.15) is 11.3 Å². The van der Waals surface area contributed by atoms with Crippen molar-refractivity contribution >= 4 is 17.8 Å². The van der Waals surface area contributed by atoms with Crippen molar-refractivity contribution in [2.75, 3.05) is 0 Å². The highest BCUT2D eigenvalue weighted by molar-refractivity contribution is 5.91. The molecule has 0 aliphatic rings. The van der Waals surface area contributed by atoms with E-state index in [1.165, 1.54) is 19.1 Å². The van der Waals surface area contributed by atoms with E-state index in [2.05, 4.69) is 4.74 Å². The molecular formula is C13H18N2O5. The van der Waals surface area contributed by atoms with E-state index in [1.807, 2.05) is 0 Å². The van der Waals surface area contributed by atoms with Gasteiger partial charge in [-0.1, -0.05) is 12.1 Å². The van der Waals surface area contributed by atoms with Crippen LogP contribution in [-0.2, 0) is 9.59 Å². The average molecular weight is 282 g/mol. The summed E-state index contributed by atoms with van der Waals surface area (Å²) in [6.07, 6.45) is 0. The third-order valence-electron chi connectivity index (χ3n) is 2.01. The van der Waals surface area contributed by atoms with Gasteiger partial charge in [0.05, 0.1) is 5.54 Å². The highest BCUT2D eigenvalue weighted by Crippen LogP contribution is 2.17. The maximum Gasteiger partial charge on any atom is 0.339 e. The SMILES string of the molecule is CC(=O)Oc1ccccc1C(=O)O.CC(C)(N)C(N)=O. The zero-order valence-corrected chi connectivity index (χ0v) is 11.5. The van der Waals surface area contributed by atoms with E-state index >= 15 is 0 Å². The van der Waals surface area contributed by atoms with Crippen LogP contribution in [0, 0.1) is 0 Å². The number of carboxylic acid groups (broad SMARTS) is 1. The minimum absolute atomic E-state index is 0.0160. The van der Waals surface area contributed by atoms with Gasteiger partial charge in [-0.3, -0.25) is 9.59 Å². The fourth-order valence-corrected chi connectivity index (χ4v) is 0.887. The zero-order chi connectivity index (χ0) is 15.9. The van der Waals surface area contributed by atoms with E-state index in [0.29, 0.717) is 0 Å². The predicted molar refractivity (Wildman–Crippen MR) is 72.2 cm³/mol. The van der Waals surface area contributed by atoms with E-state index < -0.39 is 23.4 Å². The van der Waals surface area contributed by atoms with Crippen LogP contribution in [0.5, 0.6) is 5.75 Å². The Morgan fingerprint density at radius 3 is 2.00 bits per heavy atom. The highest BCUT2D eigenvalue weighted by atomic mass is 16.5. The molecule has 0 saturated heterocycles. The number of para-hydroxylation sites is 1. The Labute approximate surface area is 116 Å². The number of amides is 1. The van der Waals surface area contributed by atoms with E-state index in [9.17, 15) is 14.4 Å². The maximum absolute atomic E-state index is 10.6. The molecule has 0 heterocycles. The molecule has 0 atom stereocenters. The van der Waals surface area contributed by atoms with Gasteiger partial charge in [-0.05, 0) is 26.0 Å². The summed E-state index contributed by atoms with van der Waals surface area (Å²) < 4.78 is 4.69. The Hall–Kier alpha value is -2.41. The number of esters is 1. The van der Waals surface area contributed by atoms with Crippen molar-refractivity contribution in [3.63, 3.8) is 0 Å². The van der Waals surface area contributed by atoms with E-state index in [4.69, 9.17) is 16.6 Å². The lowest BCUT2D eigenvalue weighted by Gasteiger charge is -2.10. The summed E-state index contributed by atoms with van der Waals surface area (Å²) in [6, 6.07) is 5.98. The molecule has 1 aromatic rings.